The Morgan fingerprint density at radius 3 is 2.05 bits per heavy atom. The van der Waals surface area contributed by atoms with Gasteiger partial charge in [0.1, 0.15) is 18.5 Å². The molecule has 0 amide bonds. The zero-order chi connectivity index (χ0) is 13.8. The minimum atomic E-state index is -0.596. The molecule has 2 aromatic carbocycles. The highest BCUT2D eigenvalue weighted by molar-refractivity contribution is 5.33. The normalized spacial score (nSPS) is 12.2. The Hall–Kier alpha value is -1.80. The first-order valence-electron chi connectivity index (χ1n) is 6.50. The van der Waals surface area contributed by atoms with E-state index in [9.17, 15) is 5.11 Å². The van der Waals surface area contributed by atoms with Gasteiger partial charge in [0.15, 0.2) is 0 Å². The van der Waals surface area contributed by atoms with Crippen LogP contribution in [0.3, 0.4) is 0 Å². The second-order valence-corrected chi connectivity index (χ2v) is 5.06. The molecule has 0 spiro atoms. The molecule has 2 nitrogen and oxygen atoms in total. The number of ether oxygens (including phenoxy) is 1. The fourth-order valence-electron chi connectivity index (χ4n) is 2.08. The van der Waals surface area contributed by atoms with Crippen LogP contribution in [-0.2, 0) is 0 Å². The van der Waals surface area contributed by atoms with Crippen molar-refractivity contribution < 1.29 is 9.84 Å². The van der Waals surface area contributed by atoms with Crippen molar-refractivity contribution >= 4 is 0 Å². The summed E-state index contributed by atoms with van der Waals surface area (Å²) in [6.07, 6.45) is -0.596. The molecule has 2 rings (SSSR count). The van der Waals surface area contributed by atoms with Crippen LogP contribution >= 0.6 is 0 Å². The summed E-state index contributed by atoms with van der Waals surface area (Å²) in [7, 11) is 0. The van der Waals surface area contributed by atoms with Gasteiger partial charge in [0.25, 0.3) is 0 Å². The molecule has 0 aliphatic rings. The molecule has 0 bridgehead atoms. The summed E-state index contributed by atoms with van der Waals surface area (Å²) in [5, 5.41) is 10.1. The standard InChI is InChI=1S/C17H20O2/c1-12-4-6-15(7-5-12)17(18)11-19-16-9-13(2)8-14(3)10-16/h4-10,17-18H,11H2,1-3H3. The van der Waals surface area contributed by atoms with Gasteiger partial charge in [0.2, 0.25) is 0 Å². The molecule has 2 heteroatoms. The van der Waals surface area contributed by atoms with Gasteiger partial charge in [-0.05, 0) is 49.6 Å². The summed E-state index contributed by atoms with van der Waals surface area (Å²) in [5.74, 6) is 0.809. The number of rotatable bonds is 4. The third-order valence-electron chi connectivity index (χ3n) is 3.07. The Balaban J connectivity index is 1.99. The number of hydrogen-bond donors (Lipinski definition) is 1. The molecule has 0 heterocycles. The molecule has 0 aliphatic carbocycles. The van der Waals surface area contributed by atoms with E-state index in [0.717, 1.165) is 11.3 Å². The smallest absolute Gasteiger partial charge is 0.119 e. The second-order valence-electron chi connectivity index (χ2n) is 5.06. The highest BCUT2D eigenvalue weighted by atomic mass is 16.5. The van der Waals surface area contributed by atoms with Crippen LogP contribution in [0.2, 0.25) is 0 Å². The van der Waals surface area contributed by atoms with E-state index >= 15 is 0 Å². The second kappa shape index (κ2) is 5.89. The van der Waals surface area contributed by atoms with Crippen molar-refractivity contribution in [3.8, 4) is 5.75 Å². The summed E-state index contributed by atoms with van der Waals surface area (Å²) in [5.41, 5.74) is 4.40. The lowest BCUT2D eigenvalue weighted by atomic mass is 10.1. The van der Waals surface area contributed by atoms with Crippen LogP contribution in [0.15, 0.2) is 42.5 Å². The van der Waals surface area contributed by atoms with Crippen LogP contribution in [0.4, 0.5) is 0 Å². The molecule has 100 valence electrons. The molecule has 19 heavy (non-hydrogen) atoms. The predicted octanol–water partition coefficient (Wildman–Crippen LogP) is 3.72. The molecular formula is C17H20O2. The maximum Gasteiger partial charge on any atom is 0.119 e. The quantitative estimate of drug-likeness (QED) is 0.903. The maximum absolute atomic E-state index is 10.1. The number of aliphatic hydroxyl groups is 1. The van der Waals surface area contributed by atoms with Crippen LogP contribution in [0, 0.1) is 20.8 Å². The van der Waals surface area contributed by atoms with Crippen LogP contribution in [0.25, 0.3) is 0 Å². The van der Waals surface area contributed by atoms with Gasteiger partial charge < -0.3 is 9.84 Å². The molecule has 1 atom stereocenters. The first kappa shape index (κ1) is 13.6. The van der Waals surface area contributed by atoms with E-state index < -0.39 is 6.10 Å². The van der Waals surface area contributed by atoms with Crippen LogP contribution < -0.4 is 4.74 Å². The third-order valence-corrected chi connectivity index (χ3v) is 3.07. The van der Waals surface area contributed by atoms with Crippen LogP contribution in [0.1, 0.15) is 28.4 Å². The fraction of sp³-hybridized carbons (Fsp3) is 0.294. The van der Waals surface area contributed by atoms with Gasteiger partial charge >= 0.3 is 0 Å². The Bertz CT molecular complexity index is 523. The van der Waals surface area contributed by atoms with Gasteiger partial charge in [-0.2, -0.15) is 0 Å². The predicted molar refractivity (Wildman–Crippen MR) is 77.5 cm³/mol. The number of aryl methyl sites for hydroxylation is 3. The van der Waals surface area contributed by atoms with E-state index in [4.69, 9.17) is 4.74 Å². The van der Waals surface area contributed by atoms with Gasteiger partial charge in [-0.25, -0.2) is 0 Å². The van der Waals surface area contributed by atoms with Crippen molar-refractivity contribution in [2.45, 2.75) is 26.9 Å². The summed E-state index contributed by atoms with van der Waals surface area (Å²) in [4.78, 5) is 0. The van der Waals surface area contributed by atoms with Crippen molar-refractivity contribution in [1.82, 2.24) is 0 Å². The summed E-state index contributed by atoms with van der Waals surface area (Å²) in [6.45, 7) is 6.38. The van der Waals surface area contributed by atoms with Gasteiger partial charge in [-0.3, -0.25) is 0 Å². The molecule has 0 radical (unpaired) electrons. The molecule has 1 N–H and O–H groups in total. The minimum absolute atomic E-state index is 0.270. The molecule has 1 unspecified atom stereocenters. The van der Waals surface area contributed by atoms with Gasteiger partial charge in [0, 0.05) is 0 Å². The largest absolute Gasteiger partial charge is 0.491 e. The van der Waals surface area contributed by atoms with Crippen molar-refractivity contribution in [2.75, 3.05) is 6.61 Å². The van der Waals surface area contributed by atoms with Crippen molar-refractivity contribution in [1.29, 1.82) is 0 Å². The lowest BCUT2D eigenvalue weighted by Gasteiger charge is -2.14. The highest BCUT2D eigenvalue weighted by Gasteiger charge is 2.08. The third kappa shape index (κ3) is 3.83. The Morgan fingerprint density at radius 2 is 1.47 bits per heavy atom. The van der Waals surface area contributed by atoms with E-state index in [2.05, 4.69) is 6.07 Å². The zero-order valence-electron chi connectivity index (χ0n) is 11.7. The van der Waals surface area contributed by atoms with Gasteiger partial charge in [0.05, 0.1) is 0 Å². The SMILES string of the molecule is Cc1ccc(C(O)COc2cc(C)cc(C)c2)cc1. The summed E-state index contributed by atoms with van der Waals surface area (Å²) >= 11 is 0. The van der Waals surface area contributed by atoms with E-state index in [0.29, 0.717) is 0 Å². The zero-order valence-corrected chi connectivity index (χ0v) is 11.7. The van der Waals surface area contributed by atoms with Gasteiger partial charge in [-0.1, -0.05) is 35.9 Å². The van der Waals surface area contributed by atoms with Crippen LogP contribution in [-0.4, -0.2) is 11.7 Å². The monoisotopic (exact) mass is 256 g/mol. The fourth-order valence-corrected chi connectivity index (χ4v) is 2.08. The van der Waals surface area contributed by atoms with Crippen LogP contribution in [0.5, 0.6) is 5.75 Å². The van der Waals surface area contributed by atoms with E-state index in [-0.39, 0.29) is 6.61 Å². The lowest BCUT2D eigenvalue weighted by molar-refractivity contribution is 0.108. The Labute approximate surface area is 114 Å². The van der Waals surface area contributed by atoms with Gasteiger partial charge in [-0.15, -0.1) is 0 Å². The molecule has 0 fully saturated rings. The summed E-state index contributed by atoms with van der Waals surface area (Å²) in [6, 6.07) is 13.9. The molecular weight excluding hydrogens is 236 g/mol. The number of benzene rings is 2. The molecule has 0 saturated heterocycles. The molecule has 0 aromatic heterocycles. The Morgan fingerprint density at radius 1 is 0.895 bits per heavy atom. The summed E-state index contributed by atoms with van der Waals surface area (Å²) < 4.78 is 5.66. The highest BCUT2D eigenvalue weighted by Crippen LogP contribution is 2.19. The average molecular weight is 256 g/mol. The van der Waals surface area contributed by atoms with E-state index in [1.54, 1.807) is 0 Å². The van der Waals surface area contributed by atoms with E-state index in [1.165, 1.54) is 16.7 Å². The molecule has 2 aromatic rings. The number of hydrogen-bond acceptors (Lipinski definition) is 2. The van der Waals surface area contributed by atoms with Crippen molar-refractivity contribution in [3.05, 3.63) is 64.7 Å². The average Bonchev–Trinajstić information content (AvgIpc) is 2.36. The first-order chi connectivity index (χ1) is 9.04. The number of aliphatic hydroxyl groups excluding tert-OH is 1. The van der Waals surface area contributed by atoms with Crippen molar-refractivity contribution in [3.63, 3.8) is 0 Å². The maximum atomic E-state index is 10.1. The Kier molecular flexibility index (Phi) is 4.23. The van der Waals surface area contributed by atoms with Crippen molar-refractivity contribution in [2.24, 2.45) is 0 Å². The lowest BCUT2D eigenvalue weighted by Crippen LogP contribution is -2.09. The molecule has 0 aliphatic heterocycles. The first-order valence-corrected chi connectivity index (χ1v) is 6.50. The van der Waals surface area contributed by atoms with E-state index in [1.807, 2.05) is 57.2 Å². The minimum Gasteiger partial charge on any atom is -0.491 e. The topological polar surface area (TPSA) is 29.5 Å². The molecule has 0 saturated carbocycles.